The van der Waals surface area contributed by atoms with Gasteiger partial charge < -0.3 is 9.47 Å². The van der Waals surface area contributed by atoms with Gasteiger partial charge >= 0.3 is 0 Å². The lowest BCUT2D eigenvalue weighted by Crippen LogP contribution is -2.13. The van der Waals surface area contributed by atoms with Gasteiger partial charge in [0.1, 0.15) is 23.1 Å². The Bertz CT molecular complexity index is 1360. The van der Waals surface area contributed by atoms with Crippen LogP contribution in [-0.2, 0) is 16.0 Å². The fraction of sp³-hybridized carbons (Fsp3) is 0.500. The summed E-state index contributed by atoms with van der Waals surface area (Å²) in [5, 5.41) is 0. The molecule has 1 saturated carbocycles. The fourth-order valence-corrected chi connectivity index (χ4v) is 7.20. The van der Waals surface area contributed by atoms with E-state index in [0.717, 1.165) is 54.9 Å². The molecule has 3 nitrogen and oxygen atoms in total. The number of carbonyl (C=O) groups is 1. The van der Waals surface area contributed by atoms with Gasteiger partial charge in [-0.1, -0.05) is 133 Å². The maximum absolute atomic E-state index is 12.9. The summed E-state index contributed by atoms with van der Waals surface area (Å²) in [5.74, 6) is 4.28. The Hall–Kier alpha value is -3.59. The van der Waals surface area contributed by atoms with E-state index in [9.17, 15) is 4.79 Å². The minimum absolute atomic E-state index is 0.260. The highest BCUT2D eigenvalue weighted by Crippen LogP contribution is 2.39. The number of hydrogen-bond donors (Lipinski definition) is 0. The van der Waals surface area contributed by atoms with Gasteiger partial charge in [0.15, 0.2) is 0 Å². The first kappa shape index (κ1) is 39.8. The number of Topliss-reactive ketones (excluding diaryl/α,β-unsaturated/α-hetero) is 1. The van der Waals surface area contributed by atoms with Crippen molar-refractivity contribution in [2.75, 3.05) is 6.61 Å². The van der Waals surface area contributed by atoms with Crippen LogP contribution < -0.4 is 4.74 Å². The first-order valence-electron chi connectivity index (χ1n) is 19.0. The standard InChI is InChI=1S/C46H64O3/c1-8-16-39-23-27-43(28-24-39)44-29-30-46(36(5)33-44)49-38(7)42-25-21-40(22-26-42)19-20-41(34-45(47)31-32-48-37(6)10-3)18-15-13-11-12-14-17-35(4)9-2/h9-10,21-22,25-26,29-30,33,39,41,43H,2-4,6-8,11-20,23-24,27-28,31-32,34H2,1,5H3. The molecule has 0 N–H and O–H groups in total. The average molecular weight is 665 g/mol. The van der Waals surface area contributed by atoms with Gasteiger partial charge in [0.25, 0.3) is 0 Å². The molecule has 1 atom stereocenters. The predicted octanol–water partition coefficient (Wildman–Crippen LogP) is 13.2. The van der Waals surface area contributed by atoms with Crippen molar-refractivity contribution in [3.63, 3.8) is 0 Å². The highest BCUT2D eigenvalue weighted by atomic mass is 16.5. The molecule has 1 unspecified atom stereocenters. The molecule has 0 amide bonds. The quantitative estimate of drug-likeness (QED) is 0.0602. The number of rotatable bonds is 25. The normalized spacial score (nSPS) is 16.4. The van der Waals surface area contributed by atoms with E-state index in [1.54, 1.807) is 6.08 Å². The second kappa shape index (κ2) is 22.2. The van der Waals surface area contributed by atoms with Crippen LogP contribution in [0, 0.1) is 18.8 Å². The average Bonchev–Trinajstić information content (AvgIpc) is 3.11. The summed E-state index contributed by atoms with van der Waals surface area (Å²) in [7, 11) is 0. The SMILES string of the molecule is C=CC(=C)CCCCCCCC(CCc1ccc(C(=C)Oc2ccc(C3CCC(CCC)CC3)cc2C)cc1)CC(=O)CCOC(=C)C=C. The largest absolute Gasteiger partial charge is 0.494 e. The summed E-state index contributed by atoms with van der Waals surface area (Å²) in [4.78, 5) is 12.9. The summed E-state index contributed by atoms with van der Waals surface area (Å²) < 4.78 is 11.8. The molecule has 0 radical (unpaired) electrons. The van der Waals surface area contributed by atoms with Gasteiger partial charge in [-0.05, 0) is 105 Å². The maximum Gasteiger partial charge on any atom is 0.136 e. The van der Waals surface area contributed by atoms with Crippen LogP contribution in [0.2, 0.25) is 0 Å². The second-order valence-corrected chi connectivity index (χ2v) is 14.3. The Kier molecular flexibility index (Phi) is 18.0. The summed E-state index contributed by atoms with van der Waals surface area (Å²) in [5.41, 5.74) is 6.01. The van der Waals surface area contributed by atoms with Crippen LogP contribution >= 0.6 is 0 Å². The smallest absolute Gasteiger partial charge is 0.136 e. The highest BCUT2D eigenvalue weighted by molar-refractivity contribution is 5.78. The van der Waals surface area contributed by atoms with Gasteiger partial charge in [0, 0.05) is 18.4 Å². The van der Waals surface area contributed by atoms with Crippen LogP contribution in [0.5, 0.6) is 5.75 Å². The molecule has 49 heavy (non-hydrogen) atoms. The molecule has 2 aromatic carbocycles. The van der Waals surface area contributed by atoms with Crippen molar-refractivity contribution >= 4 is 11.5 Å². The molecule has 0 saturated heterocycles. The minimum atomic E-state index is 0.260. The number of carbonyl (C=O) groups excluding carboxylic acids is 1. The second-order valence-electron chi connectivity index (χ2n) is 14.3. The highest BCUT2D eigenvalue weighted by Gasteiger charge is 2.22. The van der Waals surface area contributed by atoms with Crippen molar-refractivity contribution in [3.8, 4) is 5.75 Å². The molecule has 1 aliphatic rings. The first-order chi connectivity index (χ1) is 23.7. The van der Waals surface area contributed by atoms with E-state index < -0.39 is 0 Å². The van der Waals surface area contributed by atoms with Crippen molar-refractivity contribution in [3.05, 3.63) is 121 Å². The lowest BCUT2D eigenvalue weighted by Gasteiger charge is -2.29. The van der Waals surface area contributed by atoms with Crippen molar-refractivity contribution in [2.24, 2.45) is 11.8 Å². The zero-order valence-corrected chi connectivity index (χ0v) is 30.9. The number of allylic oxidation sites excluding steroid dienone is 3. The lowest BCUT2D eigenvalue weighted by molar-refractivity contribution is -0.120. The van der Waals surface area contributed by atoms with Gasteiger partial charge in [-0.2, -0.15) is 0 Å². The molecule has 2 aromatic rings. The Morgan fingerprint density at radius 2 is 1.59 bits per heavy atom. The Labute approximate surface area is 299 Å². The van der Waals surface area contributed by atoms with Gasteiger partial charge in [0.05, 0.1) is 6.61 Å². The first-order valence-corrected chi connectivity index (χ1v) is 19.0. The van der Waals surface area contributed by atoms with Crippen molar-refractivity contribution < 1.29 is 14.3 Å². The summed E-state index contributed by atoms with van der Waals surface area (Å²) in [6.07, 6.45) is 22.5. The van der Waals surface area contributed by atoms with E-state index in [1.165, 1.54) is 80.9 Å². The number of ether oxygens (including phenoxy) is 2. The van der Waals surface area contributed by atoms with E-state index in [2.05, 4.69) is 89.2 Å². The molecule has 0 aromatic heterocycles. The fourth-order valence-electron chi connectivity index (χ4n) is 7.20. The molecule has 0 heterocycles. The Balaban J connectivity index is 1.50. The van der Waals surface area contributed by atoms with E-state index >= 15 is 0 Å². The summed E-state index contributed by atoms with van der Waals surface area (Å²) in [6, 6.07) is 15.3. The summed E-state index contributed by atoms with van der Waals surface area (Å²) >= 11 is 0. The zero-order chi connectivity index (χ0) is 35.4. The number of aryl methyl sites for hydroxylation is 2. The number of ketones is 1. The maximum atomic E-state index is 12.9. The molecule has 0 bridgehead atoms. The van der Waals surface area contributed by atoms with E-state index in [0.29, 0.717) is 42.8 Å². The van der Waals surface area contributed by atoms with Gasteiger partial charge in [-0.3, -0.25) is 4.79 Å². The molecule has 0 aliphatic heterocycles. The Morgan fingerprint density at radius 1 is 0.878 bits per heavy atom. The monoisotopic (exact) mass is 664 g/mol. The number of hydrogen-bond acceptors (Lipinski definition) is 3. The van der Waals surface area contributed by atoms with Crippen LogP contribution in [0.3, 0.4) is 0 Å². The van der Waals surface area contributed by atoms with Gasteiger partial charge in [0.2, 0.25) is 0 Å². The van der Waals surface area contributed by atoms with Crippen LogP contribution in [0.4, 0.5) is 0 Å². The van der Waals surface area contributed by atoms with Crippen LogP contribution in [0.15, 0.2) is 98.8 Å². The zero-order valence-electron chi connectivity index (χ0n) is 30.9. The lowest BCUT2D eigenvalue weighted by atomic mass is 9.77. The number of unbranched alkanes of at least 4 members (excludes halogenated alkanes) is 4. The van der Waals surface area contributed by atoms with Crippen molar-refractivity contribution in [1.29, 1.82) is 0 Å². The van der Waals surface area contributed by atoms with Crippen LogP contribution in [0.1, 0.15) is 138 Å². The van der Waals surface area contributed by atoms with Gasteiger partial charge in [-0.15, -0.1) is 0 Å². The predicted molar refractivity (Wildman–Crippen MR) is 210 cm³/mol. The van der Waals surface area contributed by atoms with Crippen LogP contribution in [-0.4, -0.2) is 12.4 Å². The summed E-state index contributed by atoms with van der Waals surface area (Å²) in [6.45, 7) is 24.3. The third kappa shape index (κ3) is 14.8. The van der Waals surface area contributed by atoms with Gasteiger partial charge in [-0.25, -0.2) is 0 Å². The molecule has 3 heteroatoms. The molecular weight excluding hydrogens is 601 g/mol. The third-order valence-corrected chi connectivity index (χ3v) is 10.4. The van der Waals surface area contributed by atoms with E-state index in [4.69, 9.17) is 9.47 Å². The molecule has 1 aliphatic carbocycles. The Morgan fingerprint density at radius 3 is 2.27 bits per heavy atom. The molecule has 266 valence electrons. The molecule has 1 fully saturated rings. The minimum Gasteiger partial charge on any atom is -0.494 e. The number of benzene rings is 2. The van der Waals surface area contributed by atoms with Crippen molar-refractivity contribution in [2.45, 2.75) is 129 Å². The van der Waals surface area contributed by atoms with Crippen molar-refractivity contribution in [1.82, 2.24) is 0 Å². The van der Waals surface area contributed by atoms with Crippen LogP contribution in [0.25, 0.3) is 5.76 Å². The molecule has 3 rings (SSSR count). The topological polar surface area (TPSA) is 35.5 Å². The third-order valence-electron chi connectivity index (χ3n) is 10.4. The molecular formula is C46H64O3. The van der Waals surface area contributed by atoms with E-state index in [1.807, 2.05) is 6.08 Å². The van der Waals surface area contributed by atoms with E-state index in [-0.39, 0.29) is 5.78 Å². The molecule has 0 spiro atoms.